The molecule has 98 valence electrons. The van der Waals surface area contributed by atoms with E-state index in [0.29, 0.717) is 12.0 Å². The van der Waals surface area contributed by atoms with Crippen LogP contribution in [0.25, 0.3) is 0 Å². The number of hydrogen-bond donors (Lipinski definition) is 1. The van der Waals surface area contributed by atoms with Crippen molar-refractivity contribution in [3.05, 3.63) is 18.0 Å². The molecule has 18 heavy (non-hydrogen) atoms. The third kappa shape index (κ3) is 1.92. The van der Waals surface area contributed by atoms with Gasteiger partial charge in [-0.15, -0.1) is 0 Å². The molecule has 1 amide bonds. The molecule has 4 rings (SSSR count). The summed E-state index contributed by atoms with van der Waals surface area (Å²) < 4.78 is 1.40. The summed E-state index contributed by atoms with van der Waals surface area (Å²) in [6, 6.07) is 0.608. The van der Waals surface area contributed by atoms with E-state index in [1.54, 1.807) is 12.4 Å². The molecule has 0 saturated carbocycles. The molecule has 0 aromatic carbocycles. The molecular weight excluding hydrogens is 228 g/mol. The quantitative estimate of drug-likeness (QED) is 0.813. The average molecular weight is 248 g/mol. The molecule has 3 aliphatic heterocycles. The molecule has 1 N–H and O–H groups in total. The minimum absolute atomic E-state index is 0.103. The van der Waals surface area contributed by atoms with Crippen molar-refractivity contribution in [3.63, 3.8) is 0 Å². The summed E-state index contributed by atoms with van der Waals surface area (Å²) >= 11 is 0. The molecule has 5 nitrogen and oxygen atoms in total. The summed E-state index contributed by atoms with van der Waals surface area (Å²) in [6.45, 7) is 6.51. The van der Waals surface area contributed by atoms with Crippen LogP contribution in [0.4, 0.5) is 4.79 Å². The molecule has 1 aromatic heterocycles. The van der Waals surface area contributed by atoms with Gasteiger partial charge in [0.1, 0.15) is 0 Å². The second-order valence-electron chi connectivity index (χ2n) is 5.55. The number of aromatic nitrogens is 2. The highest BCUT2D eigenvalue weighted by Crippen LogP contribution is 2.32. The number of carbonyl (C=O) groups is 1. The SMILES string of the molecule is Cc1cnn(C(=O)N[C@@H]2C3CCN(CC3)[C@@H]2C)c1. The zero-order valence-corrected chi connectivity index (χ0v) is 11.0. The lowest BCUT2D eigenvalue weighted by molar-refractivity contribution is 0.0266. The first-order chi connectivity index (χ1) is 8.65. The van der Waals surface area contributed by atoms with Crippen LogP contribution < -0.4 is 5.32 Å². The molecule has 2 atom stereocenters. The van der Waals surface area contributed by atoms with Crippen LogP contribution in [0.5, 0.6) is 0 Å². The van der Waals surface area contributed by atoms with Crippen LogP contribution in [0.1, 0.15) is 25.3 Å². The summed E-state index contributed by atoms with van der Waals surface area (Å²) in [4.78, 5) is 14.6. The van der Waals surface area contributed by atoms with E-state index in [1.165, 1.54) is 30.6 Å². The first-order valence-corrected chi connectivity index (χ1v) is 6.71. The van der Waals surface area contributed by atoms with E-state index in [2.05, 4.69) is 22.2 Å². The molecule has 0 aliphatic carbocycles. The standard InChI is InChI=1S/C13H20N4O/c1-9-7-14-17(8-9)13(18)15-12-10(2)16-5-3-11(12)4-6-16/h7-8,10-12H,3-6H2,1-2H3,(H,15,18)/t10-,12+/m1/s1. The lowest BCUT2D eigenvalue weighted by atomic mass is 9.79. The topological polar surface area (TPSA) is 50.2 Å². The van der Waals surface area contributed by atoms with Gasteiger partial charge in [-0.1, -0.05) is 0 Å². The van der Waals surface area contributed by atoms with E-state index < -0.39 is 0 Å². The molecule has 3 aliphatic rings. The molecule has 1 aromatic rings. The maximum absolute atomic E-state index is 12.1. The van der Waals surface area contributed by atoms with Gasteiger partial charge in [0.15, 0.2) is 0 Å². The van der Waals surface area contributed by atoms with E-state index in [0.717, 1.165) is 5.56 Å². The summed E-state index contributed by atoms with van der Waals surface area (Å²) in [5, 5.41) is 7.21. The number of rotatable bonds is 1. The van der Waals surface area contributed by atoms with Gasteiger partial charge >= 0.3 is 6.03 Å². The van der Waals surface area contributed by atoms with Crippen molar-refractivity contribution in [3.8, 4) is 0 Å². The molecule has 4 heterocycles. The van der Waals surface area contributed by atoms with Crippen molar-refractivity contribution in [2.24, 2.45) is 5.92 Å². The van der Waals surface area contributed by atoms with Crippen LogP contribution in [0, 0.1) is 12.8 Å². The minimum atomic E-state index is -0.103. The van der Waals surface area contributed by atoms with Gasteiger partial charge in [-0.3, -0.25) is 4.90 Å². The van der Waals surface area contributed by atoms with Gasteiger partial charge in [-0.2, -0.15) is 9.78 Å². The molecule has 0 unspecified atom stereocenters. The number of fused-ring (bicyclic) bond motifs is 3. The normalized spacial score (nSPS) is 34.6. The number of amides is 1. The second kappa shape index (κ2) is 4.39. The highest BCUT2D eigenvalue weighted by Gasteiger charge is 2.40. The van der Waals surface area contributed by atoms with Crippen LogP contribution in [0.15, 0.2) is 12.4 Å². The molecule has 5 heteroatoms. The largest absolute Gasteiger partial charge is 0.342 e. The van der Waals surface area contributed by atoms with Gasteiger partial charge in [0.25, 0.3) is 0 Å². The second-order valence-corrected chi connectivity index (χ2v) is 5.55. The molecule has 3 fully saturated rings. The van der Waals surface area contributed by atoms with Crippen LogP contribution in [0.3, 0.4) is 0 Å². The van der Waals surface area contributed by atoms with Gasteiger partial charge in [0.2, 0.25) is 0 Å². The first-order valence-electron chi connectivity index (χ1n) is 6.71. The van der Waals surface area contributed by atoms with Gasteiger partial charge in [-0.25, -0.2) is 4.79 Å². The maximum Gasteiger partial charge on any atom is 0.342 e. The van der Waals surface area contributed by atoms with Crippen molar-refractivity contribution in [1.29, 1.82) is 0 Å². The fourth-order valence-electron chi connectivity index (χ4n) is 3.28. The Bertz CT molecular complexity index is 446. The fourth-order valence-corrected chi connectivity index (χ4v) is 3.28. The Hall–Kier alpha value is -1.36. The first kappa shape index (κ1) is 11.7. The fraction of sp³-hybridized carbons (Fsp3) is 0.692. The van der Waals surface area contributed by atoms with E-state index >= 15 is 0 Å². The molecule has 0 radical (unpaired) electrons. The number of carbonyl (C=O) groups excluding carboxylic acids is 1. The molecule has 0 spiro atoms. The predicted molar refractivity (Wildman–Crippen MR) is 68.4 cm³/mol. The third-order valence-electron chi connectivity index (χ3n) is 4.39. The van der Waals surface area contributed by atoms with Gasteiger partial charge < -0.3 is 5.32 Å². The van der Waals surface area contributed by atoms with E-state index in [9.17, 15) is 4.79 Å². The Kier molecular flexibility index (Phi) is 2.86. The smallest absolute Gasteiger partial charge is 0.332 e. The summed E-state index contributed by atoms with van der Waals surface area (Å²) in [5.41, 5.74) is 1.01. The Morgan fingerprint density at radius 1 is 1.44 bits per heavy atom. The summed E-state index contributed by atoms with van der Waals surface area (Å²) in [7, 11) is 0. The summed E-state index contributed by atoms with van der Waals surface area (Å²) in [5.74, 6) is 0.630. The number of piperidine rings is 3. The van der Waals surface area contributed by atoms with Gasteiger partial charge in [-0.05, 0) is 51.3 Å². The van der Waals surface area contributed by atoms with Gasteiger partial charge in [0, 0.05) is 18.3 Å². The Morgan fingerprint density at radius 2 is 2.17 bits per heavy atom. The lowest BCUT2D eigenvalue weighted by Gasteiger charge is -2.49. The zero-order valence-electron chi connectivity index (χ0n) is 11.0. The van der Waals surface area contributed by atoms with E-state index in [-0.39, 0.29) is 12.1 Å². The van der Waals surface area contributed by atoms with Crippen molar-refractivity contribution in [2.45, 2.75) is 38.8 Å². The average Bonchev–Trinajstić information content (AvgIpc) is 2.81. The minimum Gasteiger partial charge on any atom is -0.332 e. The van der Waals surface area contributed by atoms with Crippen LogP contribution in [-0.2, 0) is 0 Å². The van der Waals surface area contributed by atoms with Crippen LogP contribution in [0.2, 0.25) is 0 Å². The monoisotopic (exact) mass is 248 g/mol. The van der Waals surface area contributed by atoms with Crippen molar-refractivity contribution >= 4 is 6.03 Å². The maximum atomic E-state index is 12.1. The Labute approximate surface area is 107 Å². The zero-order chi connectivity index (χ0) is 12.7. The highest BCUT2D eigenvalue weighted by molar-refractivity contribution is 5.76. The van der Waals surface area contributed by atoms with Crippen LogP contribution >= 0.6 is 0 Å². The number of nitrogens with zero attached hydrogens (tertiary/aromatic N) is 3. The number of aryl methyl sites for hydroxylation is 1. The molecule has 2 bridgehead atoms. The predicted octanol–water partition coefficient (Wildman–Crippen LogP) is 1.23. The van der Waals surface area contributed by atoms with E-state index in [1.807, 2.05) is 6.92 Å². The highest BCUT2D eigenvalue weighted by atomic mass is 16.2. The molecular formula is C13H20N4O. The number of nitrogens with one attached hydrogen (secondary N) is 1. The van der Waals surface area contributed by atoms with Gasteiger partial charge in [0.05, 0.1) is 6.20 Å². The van der Waals surface area contributed by atoms with Crippen molar-refractivity contribution in [2.75, 3.05) is 13.1 Å². The van der Waals surface area contributed by atoms with E-state index in [4.69, 9.17) is 0 Å². The lowest BCUT2D eigenvalue weighted by Crippen LogP contribution is -2.62. The summed E-state index contributed by atoms with van der Waals surface area (Å²) in [6.07, 6.45) is 5.88. The van der Waals surface area contributed by atoms with Crippen LogP contribution in [-0.4, -0.2) is 45.9 Å². The molecule has 3 saturated heterocycles. The Morgan fingerprint density at radius 3 is 2.72 bits per heavy atom. The Balaban J connectivity index is 1.71. The number of hydrogen-bond acceptors (Lipinski definition) is 3. The van der Waals surface area contributed by atoms with Crippen molar-refractivity contribution < 1.29 is 4.79 Å². The third-order valence-corrected chi connectivity index (χ3v) is 4.39. The van der Waals surface area contributed by atoms with Crippen molar-refractivity contribution in [1.82, 2.24) is 20.0 Å².